The predicted molar refractivity (Wildman–Crippen MR) is 76.7 cm³/mol. The van der Waals surface area contributed by atoms with E-state index in [4.69, 9.17) is 11.6 Å². The highest BCUT2D eigenvalue weighted by atomic mass is 35.5. The lowest BCUT2D eigenvalue weighted by Gasteiger charge is -2.15. The fourth-order valence-electron chi connectivity index (χ4n) is 1.89. The van der Waals surface area contributed by atoms with Gasteiger partial charge < -0.3 is 10.4 Å². The number of carboxylic acids is 1. The molecule has 2 rings (SSSR count). The molecule has 1 unspecified atom stereocenters. The molecule has 0 aliphatic rings. The molecule has 104 valence electrons. The first-order valence-corrected chi connectivity index (χ1v) is 6.43. The maximum Gasteiger partial charge on any atom is 0.312 e. The third-order valence-corrected chi connectivity index (χ3v) is 3.24. The lowest BCUT2D eigenvalue weighted by molar-refractivity contribution is -0.138. The van der Waals surface area contributed by atoms with Gasteiger partial charge in [-0.05, 0) is 17.7 Å². The fraction of sp³-hybridized carbons (Fsp3) is 0.133. The zero-order valence-electron chi connectivity index (χ0n) is 10.5. The van der Waals surface area contributed by atoms with Gasteiger partial charge in [0.1, 0.15) is 0 Å². The first-order chi connectivity index (χ1) is 9.59. The van der Waals surface area contributed by atoms with Gasteiger partial charge >= 0.3 is 5.97 Å². The van der Waals surface area contributed by atoms with Crippen molar-refractivity contribution in [2.75, 3.05) is 11.9 Å². The van der Waals surface area contributed by atoms with E-state index in [0.29, 0.717) is 5.56 Å². The first-order valence-electron chi connectivity index (χ1n) is 6.05. The summed E-state index contributed by atoms with van der Waals surface area (Å²) in [5, 5.41) is 12.1. The second-order valence-electron chi connectivity index (χ2n) is 4.28. The van der Waals surface area contributed by atoms with Gasteiger partial charge in [0.25, 0.3) is 0 Å². The summed E-state index contributed by atoms with van der Waals surface area (Å²) in [6, 6.07) is 13.4. The Morgan fingerprint density at radius 3 is 2.55 bits per heavy atom. The Morgan fingerprint density at radius 2 is 1.90 bits per heavy atom. The van der Waals surface area contributed by atoms with Crippen LogP contribution in [0.3, 0.4) is 0 Å². The number of halogens is 2. The SMILES string of the molecule is O=C(O)C(CNc1cccc(Cl)c1F)c1ccccc1. The Kier molecular flexibility index (Phi) is 4.58. The summed E-state index contributed by atoms with van der Waals surface area (Å²) in [7, 11) is 0. The number of hydrogen-bond acceptors (Lipinski definition) is 2. The molecule has 0 radical (unpaired) electrons. The summed E-state index contributed by atoms with van der Waals surface area (Å²) in [6.45, 7) is 0.0800. The molecule has 2 aromatic carbocycles. The van der Waals surface area contributed by atoms with E-state index < -0.39 is 17.7 Å². The maximum absolute atomic E-state index is 13.7. The van der Waals surface area contributed by atoms with Crippen LogP contribution in [0.2, 0.25) is 5.02 Å². The van der Waals surface area contributed by atoms with Gasteiger partial charge in [-0.15, -0.1) is 0 Å². The van der Waals surface area contributed by atoms with E-state index in [-0.39, 0.29) is 17.3 Å². The average Bonchev–Trinajstić information content (AvgIpc) is 2.44. The number of carboxylic acid groups (broad SMARTS) is 1. The molecule has 0 aromatic heterocycles. The van der Waals surface area contributed by atoms with Gasteiger partial charge in [-0.3, -0.25) is 4.79 Å². The number of nitrogens with one attached hydrogen (secondary N) is 1. The van der Waals surface area contributed by atoms with Crippen molar-refractivity contribution in [2.24, 2.45) is 0 Å². The largest absolute Gasteiger partial charge is 0.481 e. The minimum Gasteiger partial charge on any atom is -0.481 e. The van der Waals surface area contributed by atoms with Gasteiger partial charge in [0.15, 0.2) is 5.82 Å². The van der Waals surface area contributed by atoms with E-state index >= 15 is 0 Å². The minimum atomic E-state index is -0.967. The minimum absolute atomic E-state index is 0.00147. The lowest BCUT2D eigenvalue weighted by Crippen LogP contribution is -2.21. The molecule has 0 heterocycles. The van der Waals surface area contributed by atoms with Crippen LogP contribution in [0.5, 0.6) is 0 Å². The molecule has 0 aliphatic carbocycles. The standard InChI is InChI=1S/C15H13ClFNO2/c16-12-7-4-8-13(14(12)17)18-9-11(15(19)20)10-5-2-1-3-6-10/h1-8,11,18H,9H2,(H,19,20). The zero-order chi connectivity index (χ0) is 14.5. The second-order valence-corrected chi connectivity index (χ2v) is 4.69. The highest BCUT2D eigenvalue weighted by molar-refractivity contribution is 6.31. The van der Waals surface area contributed by atoms with Gasteiger partial charge in [-0.25, -0.2) is 4.39 Å². The van der Waals surface area contributed by atoms with Crippen molar-refractivity contribution in [2.45, 2.75) is 5.92 Å². The number of aliphatic carboxylic acids is 1. The maximum atomic E-state index is 13.7. The third-order valence-electron chi connectivity index (χ3n) is 2.95. The highest BCUT2D eigenvalue weighted by Gasteiger charge is 2.20. The monoisotopic (exact) mass is 293 g/mol. The smallest absolute Gasteiger partial charge is 0.312 e. The van der Waals surface area contributed by atoms with Crippen molar-refractivity contribution in [1.82, 2.24) is 0 Å². The summed E-state index contributed by atoms with van der Waals surface area (Å²) in [4.78, 5) is 11.3. The quantitative estimate of drug-likeness (QED) is 0.882. The fourth-order valence-corrected chi connectivity index (χ4v) is 2.06. The Morgan fingerprint density at radius 1 is 1.20 bits per heavy atom. The van der Waals surface area contributed by atoms with Crippen LogP contribution in [0.15, 0.2) is 48.5 Å². The molecule has 2 aromatic rings. The normalized spacial score (nSPS) is 11.9. The molecular weight excluding hydrogens is 281 g/mol. The Bertz CT molecular complexity index is 604. The van der Waals surface area contributed by atoms with Gasteiger partial charge in [0.05, 0.1) is 16.6 Å². The molecule has 0 aliphatic heterocycles. The lowest BCUT2D eigenvalue weighted by atomic mass is 9.99. The van der Waals surface area contributed by atoms with E-state index in [1.807, 2.05) is 6.07 Å². The molecule has 20 heavy (non-hydrogen) atoms. The zero-order valence-corrected chi connectivity index (χ0v) is 11.3. The van der Waals surface area contributed by atoms with Crippen LogP contribution in [0, 0.1) is 5.82 Å². The van der Waals surface area contributed by atoms with Crippen molar-refractivity contribution in [3.05, 3.63) is 64.9 Å². The summed E-state index contributed by atoms with van der Waals surface area (Å²) in [6.07, 6.45) is 0. The molecule has 0 fully saturated rings. The molecule has 0 amide bonds. The van der Waals surface area contributed by atoms with Crippen LogP contribution in [0.4, 0.5) is 10.1 Å². The molecule has 1 atom stereocenters. The van der Waals surface area contributed by atoms with E-state index in [9.17, 15) is 14.3 Å². The van der Waals surface area contributed by atoms with Gasteiger partial charge in [0, 0.05) is 6.54 Å². The van der Waals surface area contributed by atoms with Gasteiger partial charge in [0.2, 0.25) is 0 Å². The number of carbonyl (C=O) groups is 1. The first kappa shape index (κ1) is 14.3. The summed E-state index contributed by atoms with van der Waals surface area (Å²) >= 11 is 5.68. The Labute approximate surface area is 121 Å². The summed E-state index contributed by atoms with van der Waals surface area (Å²) in [5.41, 5.74) is 0.856. The molecule has 5 heteroatoms. The molecule has 0 saturated carbocycles. The van der Waals surface area contributed by atoms with Crippen LogP contribution < -0.4 is 5.32 Å². The molecular formula is C15H13ClFNO2. The summed E-state index contributed by atoms with van der Waals surface area (Å²) in [5.74, 6) is -2.30. The Balaban J connectivity index is 2.14. The predicted octanol–water partition coefficient (Wildman–Crippen LogP) is 3.76. The van der Waals surface area contributed by atoms with Crippen molar-refractivity contribution < 1.29 is 14.3 Å². The molecule has 0 bridgehead atoms. The van der Waals surface area contributed by atoms with Gasteiger partial charge in [-0.1, -0.05) is 48.0 Å². The van der Waals surface area contributed by atoms with Crippen molar-refractivity contribution in [3.63, 3.8) is 0 Å². The number of rotatable bonds is 5. The van der Waals surface area contributed by atoms with Crippen LogP contribution >= 0.6 is 11.6 Å². The van der Waals surface area contributed by atoms with E-state index in [1.165, 1.54) is 12.1 Å². The number of benzene rings is 2. The van der Waals surface area contributed by atoms with Crippen molar-refractivity contribution in [3.8, 4) is 0 Å². The summed E-state index contributed by atoms with van der Waals surface area (Å²) < 4.78 is 13.7. The van der Waals surface area contributed by atoms with E-state index in [2.05, 4.69) is 5.32 Å². The molecule has 3 nitrogen and oxygen atoms in total. The van der Waals surface area contributed by atoms with Crippen molar-refractivity contribution in [1.29, 1.82) is 0 Å². The van der Waals surface area contributed by atoms with Gasteiger partial charge in [-0.2, -0.15) is 0 Å². The van der Waals surface area contributed by atoms with Crippen LogP contribution in [-0.4, -0.2) is 17.6 Å². The van der Waals surface area contributed by atoms with E-state index in [0.717, 1.165) is 0 Å². The number of hydrogen-bond donors (Lipinski definition) is 2. The second kappa shape index (κ2) is 6.39. The molecule has 2 N–H and O–H groups in total. The van der Waals surface area contributed by atoms with Crippen LogP contribution in [-0.2, 0) is 4.79 Å². The number of anilines is 1. The average molecular weight is 294 g/mol. The molecule has 0 spiro atoms. The van der Waals surface area contributed by atoms with Crippen molar-refractivity contribution >= 4 is 23.3 Å². The highest BCUT2D eigenvalue weighted by Crippen LogP contribution is 2.23. The van der Waals surface area contributed by atoms with Crippen LogP contribution in [0.25, 0.3) is 0 Å². The molecule has 0 saturated heterocycles. The topological polar surface area (TPSA) is 49.3 Å². The third kappa shape index (κ3) is 3.27. The Hall–Kier alpha value is -2.07. The van der Waals surface area contributed by atoms with E-state index in [1.54, 1.807) is 30.3 Å². The van der Waals surface area contributed by atoms with Crippen LogP contribution in [0.1, 0.15) is 11.5 Å².